The lowest BCUT2D eigenvalue weighted by Gasteiger charge is -2.05. The first kappa shape index (κ1) is 13.1. The zero-order valence-corrected chi connectivity index (χ0v) is 10.6. The van der Waals surface area contributed by atoms with E-state index in [1.165, 1.54) is 7.05 Å². The zero-order chi connectivity index (χ0) is 14.2. The molecule has 0 aliphatic heterocycles. The molecule has 0 unspecified atom stereocenters. The van der Waals surface area contributed by atoms with E-state index >= 15 is 0 Å². The summed E-state index contributed by atoms with van der Waals surface area (Å²) in [7, 11) is 1.31. The summed E-state index contributed by atoms with van der Waals surface area (Å²) in [5.41, 5.74) is -0.934. The summed E-state index contributed by atoms with van der Waals surface area (Å²) in [6.07, 6.45) is 1.45. The van der Waals surface area contributed by atoms with Crippen molar-refractivity contribution in [2.24, 2.45) is 7.05 Å². The second kappa shape index (κ2) is 4.71. The Kier molecular flexibility index (Phi) is 3.24. The average Bonchev–Trinajstić information content (AvgIpc) is 2.76. The summed E-state index contributed by atoms with van der Waals surface area (Å²) in [6, 6.07) is 0. The van der Waals surface area contributed by atoms with Crippen LogP contribution in [0.3, 0.4) is 0 Å². The molecule has 0 aromatic carbocycles. The van der Waals surface area contributed by atoms with Crippen LogP contribution in [0, 0.1) is 0 Å². The van der Waals surface area contributed by atoms with E-state index < -0.39 is 23.8 Å². The van der Waals surface area contributed by atoms with Crippen molar-refractivity contribution in [2.75, 3.05) is 0 Å². The normalized spacial score (nSPS) is 11.1. The highest BCUT2D eigenvalue weighted by Gasteiger charge is 2.16. The third-order valence-electron chi connectivity index (χ3n) is 2.81. The Morgan fingerprint density at radius 2 is 2.11 bits per heavy atom. The van der Waals surface area contributed by atoms with Crippen LogP contribution >= 0.6 is 0 Å². The molecule has 0 fully saturated rings. The van der Waals surface area contributed by atoms with Gasteiger partial charge in [0.15, 0.2) is 5.65 Å². The number of aromatic amines is 1. The van der Waals surface area contributed by atoms with E-state index in [1.807, 2.05) is 6.92 Å². The van der Waals surface area contributed by atoms with Crippen LogP contribution in [0.25, 0.3) is 11.2 Å². The van der Waals surface area contributed by atoms with Gasteiger partial charge in [-0.05, 0) is 6.42 Å². The molecule has 19 heavy (non-hydrogen) atoms. The topological polar surface area (TPSA) is 110 Å². The van der Waals surface area contributed by atoms with Gasteiger partial charge in [0.2, 0.25) is 0 Å². The number of H-pyrrole nitrogens is 1. The number of nitrogens with zero attached hydrogens (tertiary/aromatic N) is 3. The molecular formula is C11H14N4O4. The van der Waals surface area contributed by atoms with E-state index in [0.717, 1.165) is 15.6 Å². The van der Waals surface area contributed by atoms with Gasteiger partial charge in [0.25, 0.3) is 5.56 Å². The maximum atomic E-state index is 11.9. The molecular weight excluding hydrogens is 252 g/mol. The molecule has 0 spiro atoms. The monoisotopic (exact) mass is 266 g/mol. The quantitative estimate of drug-likeness (QED) is 0.772. The highest BCUT2D eigenvalue weighted by molar-refractivity contribution is 5.73. The van der Waals surface area contributed by atoms with Gasteiger partial charge in [-0.15, -0.1) is 0 Å². The van der Waals surface area contributed by atoms with Crippen LogP contribution in [0.1, 0.15) is 19.2 Å². The number of hydrogen-bond donors (Lipinski definition) is 2. The Morgan fingerprint density at radius 1 is 1.42 bits per heavy atom. The van der Waals surface area contributed by atoms with Gasteiger partial charge in [0, 0.05) is 13.5 Å². The first-order valence-corrected chi connectivity index (χ1v) is 5.86. The van der Waals surface area contributed by atoms with E-state index in [4.69, 9.17) is 5.11 Å². The highest BCUT2D eigenvalue weighted by atomic mass is 16.4. The van der Waals surface area contributed by atoms with Gasteiger partial charge < -0.3 is 10.1 Å². The lowest BCUT2D eigenvalue weighted by molar-refractivity contribution is -0.137. The summed E-state index contributed by atoms with van der Waals surface area (Å²) >= 11 is 0. The van der Waals surface area contributed by atoms with Gasteiger partial charge in [-0.1, -0.05) is 6.92 Å². The Balaban J connectivity index is 2.81. The van der Waals surface area contributed by atoms with Gasteiger partial charge in [0.05, 0.1) is 0 Å². The van der Waals surface area contributed by atoms with E-state index in [-0.39, 0.29) is 11.2 Å². The van der Waals surface area contributed by atoms with Crippen molar-refractivity contribution < 1.29 is 9.90 Å². The predicted molar refractivity (Wildman–Crippen MR) is 67.2 cm³/mol. The molecule has 0 saturated heterocycles. The fraction of sp³-hybridized carbons (Fsp3) is 0.455. The van der Waals surface area contributed by atoms with Gasteiger partial charge in [-0.3, -0.25) is 18.7 Å². The van der Waals surface area contributed by atoms with Gasteiger partial charge in [0.1, 0.15) is 17.9 Å². The number of imidazole rings is 1. The third kappa shape index (κ3) is 2.16. The maximum Gasteiger partial charge on any atom is 0.333 e. The standard InChI is InChI=1S/C11H14N4O4/c1-3-4-6-12-8-9(13-6)15(5-7(16)17)11(19)14(2)10(8)18/h3-5H2,1-2H3,(H,12,13)(H,16,17). The number of hydrogen-bond acceptors (Lipinski definition) is 4. The van der Waals surface area contributed by atoms with Crippen molar-refractivity contribution in [2.45, 2.75) is 26.3 Å². The van der Waals surface area contributed by atoms with E-state index in [0.29, 0.717) is 12.2 Å². The van der Waals surface area contributed by atoms with Crippen molar-refractivity contribution in [3.05, 3.63) is 26.7 Å². The smallest absolute Gasteiger partial charge is 0.333 e. The molecule has 0 aliphatic rings. The van der Waals surface area contributed by atoms with Crippen molar-refractivity contribution in [3.63, 3.8) is 0 Å². The van der Waals surface area contributed by atoms with E-state index in [1.54, 1.807) is 0 Å². The molecule has 8 heteroatoms. The summed E-state index contributed by atoms with van der Waals surface area (Å²) in [4.78, 5) is 41.7. The lowest BCUT2D eigenvalue weighted by Crippen LogP contribution is -2.39. The van der Waals surface area contributed by atoms with Crippen molar-refractivity contribution in [1.82, 2.24) is 19.1 Å². The molecule has 0 bridgehead atoms. The minimum absolute atomic E-state index is 0.0963. The highest BCUT2D eigenvalue weighted by Crippen LogP contribution is 2.07. The molecule has 0 aliphatic carbocycles. The number of nitrogens with one attached hydrogen (secondary N) is 1. The van der Waals surface area contributed by atoms with Crippen LogP contribution in [0.5, 0.6) is 0 Å². The first-order valence-electron chi connectivity index (χ1n) is 5.86. The van der Waals surface area contributed by atoms with Gasteiger partial charge in [-0.2, -0.15) is 0 Å². The van der Waals surface area contributed by atoms with Gasteiger partial charge >= 0.3 is 11.7 Å². The third-order valence-corrected chi connectivity index (χ3v) is 2.81. The number of aryl methyl sites for hydroxylation is 1. The lowest BCUT2D eigenvalue weighted by atomic mass is 10.3. The second-order valence-electron chi connectivity index (χ2n) is 4.26. The predicted octanol–water partition coefficient (Wildman–Crippen LogP) is -0.540. The largest absolute Gasteiger partial charge is 0.480 e. The number of aliphatic carboxylic acids is 1. The van der Waals surface area contributed by atoms with E-state index in [2.05, 4.69) is 9.97 Å². The van der Waals surface area contributed by atoms with Crippen LogP contribution < -0.4 is 11.2 Å². The molecule has 0 radical (unpaired) electrons. The first-order chi connectivity index (χ1) is 8.95. The fourth-order valence-electron chi connectivity index (χ4n) is 1.92. The maximum absolute atomic E-state index is 11.9. The van der Waals surface area contributed by atoms with Crippen molar-refractivity contribution in [3.8, 4) is 0 Å². The van der Waals surface area contributed by atoms with Crippen molar-refractivity contribution in [1.29, 1.82) is 0 Å². The number of aromatic nitrogens is 4. The zero-order valence-electron chi connectivity index (χ0n) is 10.6. The molecule has 102 valence electrons. The Hall–Kier alpha value is -2.38. The molecule has 2 N–H and O–H groups in total. The Labute approximate surface area is 107 Å². The number of carboxylic acids is 1. The van der Waals surface area contributed by atoms with Crippen LogP contribution in [0.2, 0.25) is 0 Å². The van der Waals surface area contributed by atoms with Crippen LogP contribution in [0.4, 0.5) is 0 Å². The average molecular weight is 266 g/mol. The summed E-state index contributed by atoms with van der Waals surface area (Å²) in [5.74, 6) is -0.596. The van der Waals surface area contributed by atoms with Gasteiger partial charge in [-0.25, -0.2) is 9.78 Å². The number of fused-ring (bicyclic) bond motifs is 1. The Morgan fingerprint density at radius 3 is 2.68 bits per heavy atom. The molecule has 8 nitrogen and oxygen atoms in total. The van der Waals surface area contributed by atoms with Crippen molar-refractivity contribution >= 4 is 17.1 Å². The fourth-order valence-corrected chi connectivity index (χ4v) is 1.92. The second-order valence-corrected chi connectivity index (χ2v) is 4.26. The Bertz CT molecular complexity index is 752. The number of carbonyl (C=O) groups is 1. The van der Waals surface area contributed by atoms with Crippen LogP contribution in [-0.4, -0.2) is 30.2 Å². The molecule has 0 saturated carbocycles. The summed E-state index contributed by atoms with van der Waals surface area (Å²) in [6.45, 7) is 1.43. The van der Waals surface area contributed by atoms with Crippen LogP contribution in [-0.2, 0) is 24.8 Å². The van der Waals surface area contributed by atoms with Crippen LogP contribution in [0.15, 0.2) is 9.59 Å². The summed E-state index contributed by atoms with van der Waals surface area (Å²) < 4.78 is 1.86. The molecule has 2 rings (SSSR count). The number of rotatable bonds is 4. The minimum Gasteiger partial charge on any atom is -0.480 e. The molecule has 0 atom stereocenters. The molecule has 2 heterocycles. The molecule has 2 aromatic rings. The summed E-state index contributed by atoms with van der Waals surface area (Å²) in [5, 5.41) is 8.84. The minimum atomic E-state index is -1.16. The SMILES string of the molecule is CCCc1nc2c([nH]1)c(=O)n(C)c(=O)n2CC(=O)O. The molecule has 2 aromatic heterocycles. The number of carboxylic acid groups (broad SMARTS) is 1. The van der Waals surface area contributed by atoms with E-state index in [9.17, 15) is 14.4 Å². The molecule has 0 amide bonds.